The fraction of sp³-hybridized carbons (Fsp3) is 0.222. The second-order valence-electron chi connectivity index (χ2n) is 8.73. The Bertz CT molecular complexity index is 1270. The number of aromatic nitrogens is 2. The van der Waals surface area contributed by atoms with Crippen LogP contribution in [0.25, 0.3) is 22.4 Å². The molecule has 5 heteroatoms. The molecule has 32 heavy (non-hydrogen) atoms. The van der Waals surface area contributed by atoms with Crippen molar-refractivity contribution in [2.24, 2.45) is 0 Å². The summed E-state index contributed by atoms with van der Waals surface area (Å²) in [5.74, 6) is -0.208. The molecule has 4 aromatic rings. The minimum Gasteiger partial charge on any atom is -0.378 e. The summed E-state index contributed by atoms with van der Waals surface area (Å²) in [7, 11) is 6.17. The molecule has 0 spiro atoms. The lowest BCUT2D eigenvalue weighted by atomic mass is 10.0. The molecule has 0 saturated heterocycles. The Morgan fingerprint density at radius 1 is 0.906 bits per heavy atom. The van der Waals surface area contributed by atoms with Crippen molar-refractivity contribution in [2.75, 3.05) is 26.0 Å². The van der Waals surface area contributed by atoms with E-state index in [0.717, 1.165) is 41.2 Å². The molecule has 1 aliphatic heterocycles. The van der Waals surface area contributed by atoms with Crippen LogP contribution in [0.1, 0.15) is 16.8 Å². The van der Waals surface area contributed by atoms with Crippen molar-refractivity contribution in [3.63, 3.8) is 0 Å². The lowest BCUT2D eigenvalue weighted by Gasteiger charge is -2.15. The quantitative estimate of drug-likeness (QED) is 0.426. The van der Waals surface area contributed by atoms with Crippen molar-refractivity contribution in [3.05, 3.63) is 95.4 Å². The van der Waals surface area contributed by atoms with Gasteiger partial charge in [0.15, 0.2) is 0 Å². The highest BCUT2D eigenvalue weighted by molar-refractivity contribution is 5.69. The molecule has 0 unspecified atom stereocenters. The van der Waals surface area contributed by atoms with E-state index in [9.17, 15) is 4.39 Å². The summed E-state index contributed by atoms with van der Waals surface area (Å²) in [4.78, 5) is 4.32. The third kappa shape index (κ3) is 3.80. The first-order chi connectivity index (χ1) is 15.5. The summed E-state index contributed by atoms with van der Waals surface area (Å²) < 4.78 is 16.7. The molecule has 2 heterocycles. The monoisotopic (exact) mass is 426 g/mol. The van der Waals surface area contributed by atoms with Crippen molar-refractivity contribution in [1.29, 1.82) is 0 Å². The third-order valence-corrected chi connectivity index (χ3v) is 6.07. The van der Waals surface area contributed by atoms with Crippen LogP contribution < -0.4 is 4.90 Å². The number of anilines is 1. The van der Waals surface area contributed by atoms with Gasteiger partial charge in [-0.3, -0.25) is 9.58 Å². The Morgan fingerprint density at radius 3 is 2.44 bits per heavy atom. The van der Waals surface area contributed by atoms with Crippen molar-refractivity contribution < 1.29 is 4.39 Å². The van der Waals surface area contributed by atoms with E-state index in [1.807, 2.05) is 30.9 Å². The van der Waals surface area contributed by atoms with Gasteiger partial charge in [0.05, 0.1) is 17.9 Å². The van der Waals surface area contributed by atoms with E-state index in [0.29, 0.717) is 12.1 Å². The molecular formula is C27H27FN4. The van der Waals surface area contributed by atoms with E-state index in [4.69, 9.17) is 5.10 Å². The lowest BCUT2D eigenvalue weighted by Crippen LogP contribution is -2.13. The zero-order chi connectivity index (χ0) is 22.2. The lowest BCUT2D eigenvalue weighted by molar-refractivity contribution is 0.346. The van der Waals surface area contributed by atoms with Gasteiger partial charge in [-0.05, 0) is 54.1 Å². The Labute approximate surface area is 188 Å². The molecule has 162 valence electrons. The van der Waals surface area contributed by atoms with Gasteiger partial charge in [-0.2, -0.15) is 5.10 Å². The van der Waals surface area contributed by atoms with Gasteiger partial charge in [-0.25, -0.2) is 4.39 Å². The minimum absolute atomic E-state index is 0.208. The zero-order valence-electron chi connectivity index (χ0n) is 18.7. The Kier molecular flexibility index (Phi) is 5.27. The Balaban J connectivity index is 1.53. The standard InChI is InChI=1S/C27H27FN4/c1-30(2)22-11-7-10-21(15-22)20-9-6-8-19(14-20)16-32-27(23-12-4-5-13-25(23)28)24-17-31(3)18-26(24)29-32/h4-15H,16-18H2,1-3H3. The van der Waals surface area contributed by atoms with E-state index in [-0.39, 0.29) is 5.82 Å². The number of benzene rings is 3. The number of halogens is 1. The summed E-state index contributed by atoms with van der Waals surface area (Å²) in [6.45, 7) is 2.18. The summed E-state index contributed by atoms with van der Waals surface area (Å²) in [5.41, 5.74) is 8.34. The smallest absolute Gasteiger partial charge is 0.132 e. The van der Waals surface area contributed by atoms with Crippen LogP contribution in [0, 0.1) is 5.82 Å². The Hall–Kier alpha value is -3.44. The number of fused-ring (bicyclic) bond motifs is 1. The molecule has 0 N–H and O–H groups in total. The second kappa shape index (κ2) is 8.24. The molecule has 0 amide bonds. The van der Waals surface area contributed by atoms with Gasteiger partial charge in [0.25, 0.3) is 0 Å². The van der Waals surface area contributed by atoms with Gasteiger partial charge in [0.1, 0.15) is 5.82 Å². The molecule has 0 atom stereocenters. The maximum absolute atomic E-state index is 14.8. The van der Waals surface area contributed by atoms with Crippen LogP contribution in [-0.4, -0.2) is 35.8 Å². The van der Waals surface area contributed by atoms with Crippen molar-refractivity contribution in [2.45, 2.75) is 19.6 Å². The molecule has 0 aliphatic carbocycles. The zero-order valence-corrected chi connectivity index (χ0v) is 18.7. The summed E-state index contributed by atoms with van der Waals surface area (Å²) in [6, 6.07) is 24.1. The predicted molar refractivity (Wildman–Crippen MR) is 128 cm³/mol. The van der Waals surface area contributed by atoms with Crippen LogP contribution in [0.15, 0.2) is 72.8 Å². The Morgan fingerprint density at radius 2 is 1.66 bits per heavy atom. The number of hydrogen-bond donors (Lipinski definition) is 0. The van der Waals surface area contributed by atoms with Gasteiger partial charge < -0.3 is 4.90 Å². The topological polar surface area (TPSA) is 24.3 Å². The van der Waals surface area contributed by atoms with Crippen molar-refractivity contribution in [3.8, 4) is 22.4 Å². The van der Waals surface area contributed by atoms with Crippen LogP contribution in [0.2, 0.25) is 0 Å². The van der Waals surface area contributed by atoms with Crippen LogP contribution >= 0.6 is 0 Å². The van der Waals surface area contributed by atoms with Gasteiger partial charge in [0.2, 0.25) is 0 Å². The largest absolute Gasteiger partial charge is 0.378 e. The first-order valence-corrected chi connectivity index (χ1v) is 10.9. The first-order valence-electron chi connectivity index (χ1n) is 10.9. The summed E-state index contributed by atoms with van der Waals surface area (Å²) >= 11 is 0. The molecule has 4 nitrogen and oxygen atoms in total. The maximum Gasteiger partial charge on any atom is 0.132 e. The highest BCUT2D eigenvalue weighted by atomic mass is 19.1. The fourth-order valence-electron chi connectivity index (χ4n) is 4.48. The summed E-state index contributed by atoms with van der Waals surface area (Å²) in [6.07, 6.45) is 0. The van der Waals surface area contributed by atoms with Crippen LogP contribution in [0.5, 0.6) is 0 Å². The highest BCUT2D eigenvalue weighted by Crippen LogP contribution is 2.34. The number of nitrogens with zero attached hydrogens (tertiary/aromatic N) is 4. The fourth-order valence-corrected chi connectivity index (χ4v) is 4.48. The van der Waals surface area contributed by atoms with Crippen LogP contribution in [-0.2, 0) is 19.6 Å². The molecule has 0 radical (unpaired) electrons. The molecule has 0 bridgehead atoms. The molecule has 5 rings (SSSR count). The van der Waals surface area contributed by atoms with E-state index in [1.165, 1.54) is 17.3 Å². The van der Waals surface area contributed by atoms with Crippen molar-refractivity contribution in [1.82, 2.24) is 14.7 Å². The molecular weight excluding hydrogens is 399 g/mol. The van der Waals surface area contributed by atoms with Gasteiger partial charge in [-0.15, -0.1) is 0 Å². The van der Waals surface area contributed by atoms with Gasteiger partial charge in [-0.1, -0.05) is 42.5 Å². The van der Waals surface area contributed by atoms with E-state index in [1.54, 1.807) is 6.07 Å². The first kappa shape index (κ1) is 20.5. The average Bonchev–Trinajstić information content (AvgIpc) is 3.30. The number of hydrogen-bond acceptors (Lipinski definition) is 3. The molecule has 1 aliphatic rings. The molecule has 3 aromatic carbocycles. The number of rotatable bonds is 5. The molecule has 0 saturated carbocycles. The van der Waals surface area contributed by atoms with E-state index >= 15 is 0 Å². The predicted octanol–water partition coefficient (Wildman–Crippen LogP) is 5.42. The second-order valence-corrected chi connectivity index (χ2v) is 8.73. The van der Waals surface area contributed by atoms with E-state index < -0.39 is 0 Å². The van der Waals surface area contributed by atoms with E-state index in [2.05, 4.69) is 65.4 Å². The molecule has 0 fully saturated rings. The van der Waals surface area contributed by atoms with Gasteiger partial charge >= 0.3 is 0 Å². The normalized spacial score (nSPS) is 13.4. The van der Waals surface area contributed by atoms with Crippen molar-refractivity contribution >= 4 is 5.69 Å². The highest BCUT2D eigenvalue weighted by Gasteiger charge is 2.27. The molecule has 1 aromatic heterocycles. The maximum atomic E-state index is 14.8. The van der Waals surface area contributed by atoms with Crippen LogP contribution in [0.3, 0.4) is 0 Å². The van der Waals surface area contributed by atoms with Crippen LogP contribution in [0.4, 0.5) is 10.1 Å². The van der Waals surface area contributed by atoms with Gasteiger partial charge in [0, 0.05) is 44.0 Å². The summed E-state index contributed by atoms with van der Waals surface area (Å²) in [5, 5.41) is 4.90. The minimum atomic E-state index is -0.208. The third-order valence-electron chi connectivity index (χ3n) is 6.07. The average molecular weight is 427 g/mol. The SMILES string of the molecule is CN1Cc2nn(Cc3cccc(-c4cccc(N(C)C)c4)c3)c(-c3ccccc3F)c2C1.